The predicted octanol–water partition coefficient (Wildman–Crippen LogP) is 3.83. The highest BCUT2D eigenvalue weighted by atomic mass is 16.3. The van der Waals surface area contributed by atoms with E-state index in [1.165, 1.54) is 25.7 Å². The molecule has 104 valence electrons. The fraction of sp³-hybridized carbons (Fsp3) is 1.00. The van der Waals surface area contributed by atoms with E-state index in [1.807, 2.05) is 0 Å². The third-order valence-electron chi connectivity index (χ3n) is 3.98. The first kappa shape index (κ1) is 16.9. The molecule has 2 heteroatoms. The maximum absolute atomic E-state index is 10.3. The molecule has 0 saturated heterocycles. The van der Waals surface area contributed by atoms with Gasteiger partial charge in [0.15, 0.2) is 0 Å². The predicted molar refractivity (Wildman–Crippen MR) is 76.4 cm³/mol. The highest BCUT2D eigenvalue weighted by Crippen LogP contribution is 2.23. The van der Waals surface area contributed by atoms with Crippen molar-refractivity contribution in [3.63, 3.8) is 0 Å². The van der Waals surface area contributed by atoms with Gasteiger partial charge in [-0.1, -0.05) is 52.9 Å². The van der Waals surface area contributed by atoms with Crippen molar-refractivity contribution < 1.29 is 5.11 Å². The van der Waals surface area contributed by atoms with Crippen LogP contribution in [0.25, 0.3) is 0 Å². The summed E-state index contributed by atoms with van der Waals surface area (Å²) in [6.07, 6.45) is 7.08. The van der Waals surface area contributed by atoms with Crippen molar-refractivity contribution in [3.05, 3.63) is 0 Å². The molecule has 0 rings (SSSR count). The molecule has 0 spiro atoms. The Kier molecular flexibility index (Phi) is 8.89. The van der Waals surface area contributed by atoms with Crippen LogP contribution in [0.1, 0.15) is 73.1 Å². The van der Waals surface area contributed by atoms with E-state index in [0.717, 1.165) is 25.9 Å². The summed E-state index contributed by atoms with van der Waals surface area (Å²) in [6, 6.07) is 0. The van der Waals surface area contributed by atoms with Crippen LogP contribution >= 0.6 is 0 Å². The van der Waals surface area contributed by atoms with Gasteiger partial charge in [-0.25, -0.2) is 0 Å². The summed E-state index contributed by atoms with van der Waals surface area (Å²) in [5.41, 5.74) is -0.0890. The monoisotopic (exact) mass is 243 g/mol. The lowest BCUT2D eigenvalue weighted by Gasteiger charge is -2.41. The van der Waals surface area contributed by atoms with Crippen molar-refractivity contribution in [1.29, 1.82) is 0 Å². The van der Waals surface area contributed by atoms with Gasteiger partial charge in [-0.2, -0.15) is 0 Å². The summed E-state index contributed by atoms with van der Waals surface area (Å²) in [5.74, 6) is 0. The number of aliphatic hydroxyl groups excluding tert-OH is 1. The van der Waals surface area contributed by atoms with Gasteiger partial charge in [0, 0.05) is 5.54 Å². The molecular formula is C15H33NO. The molecule has 0 saturated carbocycles. The Bertz CT molecular complexity index is 176. The average molecular weight is 243 g/mol. The number of rotatable bonds is 10. The van der Waals surface area contributed by atoms with E-state index in [1.54, 1.807) is 0 Å². The van der Waals surface area contributed by atoms with Gasteiger partial charge >= 0.3 is 0 Å². The summed E-state index contributed by atoms with van der Waals surface area (Å²) in [4.78, 5) is 2.35. The van der Waals surface area contributed by atoms with Crippen molar-refractivity contribution in [2.24, 2.45) is 0 Å². The summed E-state index contributed by atoms with van der Waals surface area (Å²) < 4.78 is 0. The van der Waals surface area contributed by atoms with E-state index >= 15 is 0 Å². The SMILES string of the molecule is CCCCCCCC(O)C(C)(C)N(CC)CC. The third-order valence-corrected chi connectivity index (χ3v) is 3.98. The summed E-state index contributed by atoms with van der Waals surface area (Å²) in [6.45, 7) is 12.9. The molecule has 1 N–H and O–H groups in total. The van der Waals surface area contributed by atoms with Gasteiger partial charge in [0.05, 0.1) is 6.10 Å². The standard InChI is InChI=1S/C15H33NO/c1-6-9-10-11-12-13-14(17)15(4,5)16(7-2)8-3/h14,17H,6-13H2,1-5H3. The molecule has 0 bridgehead atoms. The lowest BCUT2D eigenvalue weighted by Crippen LogP contribution is -2.52. The van der Waals surface area contributed by atoms with Crippen LogP contribution < -0.4 is 0 Å². The first-order chi connectivity index (χ1) is 8.00. The van der Waals surface area contributed by atoms with Gasteiger partial charge in [-0.3, -0.25) is 4.90 Å². The van der Waals surface area contributed by atoms with Crippen LogP contribution in [0.15, 0.2) is 0 Å². The van der Waals surface area contributed by atoms with E-state index in [9.17, 15) is 5.11 Å². The van der Waals surface area contributed by atoms with Crippen molar-refractivity contribution in [2.75, 3.05) is 13.1 Å². The Hall–Kier alpha value is -0.0800. The molecule has 17 heavy (non-hydrogen) atoms. The molecule has 0 heterocycles. The first-order valence-corrected chi connectivity index (χ1v) is 7.43. The zero-order chi connectivity index (χ0) is 13.3. The second-order valence-electron chi connectivity index (χ2n) is 5.54. The largest absolute Gasteiger partial charge is 0.391 e. The minimum Gasteiger partial charge on any atom is -0.391 e. The Morgan fingerprint density at radius 1 is 0.941 bits per heavy atom. The molecule has 1 atom stereocenters. The molecular weight excluding hydrogens is 210 g/mol. The normalized spacial score (nSPS) is 14.3. The van der Waals surface area contributed by atoms with Crippen LogP contribution in [0.5, 0.6) is 0 Å². The summed E-state index contributed by atoms with van der Waals surface area (Å²) in [7, 11) is 0. The Labute approximate surface area is 108 Å². The van der Waals surface area contributed by atoms with Gasteiger partial charge in [0.1, 0.15) is 0 Å². The van der Waals surface area contributed by atoms with Gasteiger partial charge in [0.25, 0.3) is 0 Å². The number of aliphatic hydroxyl groups is 1. The molecule has 0 aromatic heterocycles. The number of nitrogens with zero attached hydrogens (tertiary/aromatic N) is 1. The van der Waals surface area contributed by atoms with Crippen LogP contribution in [0, 0.1) is 0 Å². The van der Waals surface area contributed by atoms with Crippen LogP contribution in [0.4, 0.5) is 0 Å². The Morgan fingerprint density at radius 3 is 1.94 bits per heavy atom. The molecule has 0 fully saturated rings. The zero-order valence-corrected chi connectivity index (χ0v) is 12.6. The highest BCUT2D eigenvalue weighted by molar-refractivity contribution is 4.87. The van der Waals surface area contributed by atoms with E-state index in [2.05, 4.69) is 39.5 Å². The third kappa shape index (κ3) is 5.87. The van der Waals surface area contributed by atoms with E-state index < -0.39 is 0 Å². The fourth-order valence-electron chi connectivity index (χ4n) is 2.54. The molecule has 0 aliphatic rings. The molecule has 0 aromatic carbocycles. The molecule has 0 aromatic rings. The van der Waals surface area contributed by atoms with Crippen molar-refractivity contribution in [2.45, 2.75) is 84.8 Å². The molecule has 2 nitrogen and oxygen atoms in total. The smallest absolute Gasteiger partial charge is 0.0718 e. The zero-order valence-electron chi connectivity index (χ0n) is 12.6. The second-order valence-corrected chi connectivity index (χ2v) is 5.54. The average Bonchev–Trinajstić information content (AvgIpc) is 2.29. The van der Waals surface area contributed by atoms with Gasteiger partial charge < -0.3 is 5.11 Å². The minimum atomic E-state index is -0.205. The van der Waals surface area contributed by atoms with E-state index in [4.69, 9.17) is 0 Å². The highest BCUT2D eigenvalue weighted by Gasteiger charge is 2.31. The van der Waals surface area contributed by atoms with E-state index in [-0.39, 0.29) is 11.6 Å². The topological polar surface area (TPSA) is 23.5 Å². The fourth-order valence-corrected chi connectivity index (χ4v) is 2.54. The van der Waals surface area contributed by atoms with Crippen molar-refractivity contribution in [1.82, 2.24) is 4.90 Å². The molecule has 0 amide bonds. The maximum Gasteiger partial charge on any atom is 0.0718 e. The lowest BCUT2D eigenvalue weighted by atomic mass is 9.90. The molecule has 0 aliphatic heterocycles. The summed E-state index contributed by atoms with van der Waals surface area (Å²) >= 11 is 0. The quantitative estimate of drug-likeness (QED) is 0.589. The van der Waals surface area contributed by atoms with Gasteiger partial charge in [-0.15, -0.1) is 0 Å². The van der Waals surface area contributed by atoms with Gasteiger partial charge in [-0.05, 0) is 33.4 Å². The number of likely N-dealkylation sites (N-methyl/N-ethyl adjacent to an activating group) is 1. The van der Waals surface area contributed by atoms with Crippen LogP contribution in [-0.4, -0.2) is 34.7 Å². The number of hydrogen-bond acceptors (Lipinski definition) is 2. The van der Waals surface area contributed by atoms with Crippen molar-refractivity contribution >= 4 is 0 Å². The van der Waals surface area contributed by atoms with Crippen LogP contribution in [0.2, 0.25) is 0 Å². The number of hydrogen-bond donors (Lipinski definition) is 1. The first-order valence-electron chi connectivity index (χ1n) is 7.43. The second kappa shape index (κ2) is 8.93. The lowest BCUT2D eigenvalue weighted by molar-refractivity contribution is -0.0104. The Balaban J connectivity index is 3.97. The maximum atomic E-state index is 10.3. The molecule has 1 unspecified atom stereocenters. The van der Waals surface area contributed by atoms with Crippen molar-refractivity contribution in [3.8, 4) is 0 Å². The van der Waals surface area contributed by atoms with Crippen LogP contribution in [-0.2, 0) is 0 Å². The van der Waals surface area contributed by atoms with E-state index in [0.29, 0.717) is 0 Å². The van der Waals surface area contributed by atoms with Crippen LogP contribution in [0.3, 0.4) is 0 Å². The molecule has 0 aliphatic carbocycles. The van der Waals surface area contributed by atoms with Gasteiger partial charge in [0.2, 0.25) is 0 Å². The Morgan fingerprint density at radius 2 is 1.47 bits per heavy atom. The minimum absolute atomic E-state index is 0.0890. The number of unbranched alkanes of at least 4 members (excludes halogenated alkanes) is 4. The summed E-state index contributed by atoms with van der Waals surface area (Å²) in [5, 5.41) is 10.3. The molecule has 0 radical (unpaired) electrons.